The molecule has 2 aromatic carbocycles. The molecule has 3 N–H and O–H groups in total. The Kier molecular flexibility index (Phi) is 6.82. The number of hydrogen-bond acceptors (Lipinski definition) is 6. The van der Waals surface area contributed by atoms with Crippen molar-refractivity contribution >= 4 is 18.0 Å². The molecular weight excluding hydrogens is 436 g/mol. The predicted octanol–water partition coefficient (Wildman–Crippen LogP) is 3.11. The quantitative estimate of drug-likeness (QED) is 0.471. The molecule has 34 heavy (non-hydrogen) atoms. The number of fused-ring (bicyclic) bond motifs is 3. The van der Waals surface area contributed by atoms with E-state index in [1.807, 2.05) is 36.4 Å². The first kappa shape index (κ1) is 22.9. The van der Waals surface area contributed by atoms with E-state index in [4.69, 9.17) is 9.84 Å². The molecule has 1 aromatic heterocycles. The first-order chi connectivity index (χ1) is 16.5. The number of carbonyl (C=O) groups excluding carboxylic acids is 2. The van der Waals surface area contributed by atoms with Gasteiger partial charge in [-0.05, 0) is 28.7 Å². The number of nitrogens with one attached hydrogen (secondary N) is 2. The van der Waals surface area contributed by atoms with E-state index in [0.717, 1.165) is 22.3 Å². The van der Waals surface area contributed by atoms with Crippen LogP contribution in [0.2, 0.25) is 0 Å². The van der Waals surface area contributed by atoms with Crippen molar-refractivity contribution in [3.63, 3.8) is 0 Å². The Balaban J connectivity index is 1.30. The monoisotopic (exact) mass is 460 g/mol. The van der Waals surface area contributed by atoms with Crippen LogP contribution in [-0.4, -0.2) is 45.7 Å². The van der Waals surface area contributed by atoms with E-state index < -0.39 is 24.0 Å². The summed E-state index contributed by atoms with van der Waals surface area (Å²) in [6, 6.07) is 15.2. The van der Waals surface area contributed by atoms with Crippen molar-refractivity contribution in [2.45, 2.75) is 31.8 Å². The highest BCUT2D eigenvalue weighted by molar-refractivity contribution is 5.96. The Morgan fingerprint density at radius 3 is 2.15 bits per heavy atom. The van der Waals surface area contributed by atoms with Crippen LogP contribution in [-0.2, 0) is 16.1 Å². The molecule has 0 aliphatic heterocycles. The van der Waals surface area contributed by atoms with Crippen LogP contribution >= 0.6 is 0 Å². The number of alkyl carbamates (subject to hydrolysis) is 1. The van der Waals surface area contributed by atoms with Crippen molar-refractivity contribution in [1.29, 1.82) is 0 Å². The minimum atomic E-state index is -1.11. The van der Waals surface area contributed by atoms with Gasteiger partial charge in [0.05, 0.1) is 12.1 Å². The Bertz CT molecular complexity index is 1170. The summed E-state index contributed by atoms with van der Waals surface area (Å²) in [5.74, 6) is -1.44. The summed E-state index contributed by atoms with van der Waals surface area (Å²) in [6.45, 7) is 1.88. The molecule has 9 nitrogen and oxygen atoms in total. The first-order valence-corrected chi connectivity index (χ1v) is 10.9. The van der Waals surface area contributed by atoms with Crippen LogP contribution in [0.3, 0.4) is 0 Å². The summed E-state index contributed by atoms with van der Waals surface area (Å²) in [6.07, 6.45) is 2.22. The lowest BCUT2D eigenvalue weighted by Crippen LogP contribution is -2.40. The molecule has 0 spiro atoms. The third kappa shape index (κ3) is 4.88. The minimum Gasteiger partial charge on any atom is -0.480 e. The van der Waals surface area contributed by atoms with Gasteiger partial charge in [-0.1, -0.05) is 55.5 Å². The number of carboxylic acid groups (broad SMARTS) is 1. The smallest absolute Gasteiger partial charge is 0.407 e. The van der Waals surface area contributed by atoms with Crippen LogP contribution in [0.4, 0.5) is 4.79 Å². The van der Waals surface area contributed by atoms with E-state index >= 15 is 0 Å². The predicted molar refractivity (Wildman–Crippen MR) is 123 cm³/mol. The van der Waals surface area contributed by atoms with Gasteiger partial charge >= 0.3 is 12.1 Å². The van der Waals surface area contributed by atoms with Gasteiger partial charge in [-0.15, -0.1) is 0 Å². The first-order valence-electron chi connectivity index (χ1n) is 10.9. The van der Waals surface area contributed by atoms with Gasteiger partial charge in [-0.2, -0.15) is 0 Å². The van der Waals surface area contributed by atoms with Gasteiger partial charge in [-0.25, -0.2) is 19.6 Å². The van der Waals surface area contributed by atoms with Gasteiger partial charge in [-0.3, -0.25) is 4.79 Å². The number of nitrogens with zero attached hydrogens (tertiary/aromatic N) is 2. The van der Waals surface area contributed by atoms with Gasteiger partial charge in [0.2, 0.25) is 0 Å². The number of carbonyl (C=O) groups is 3. The molecule has 1 unspecified atom stereocenters. The summed E-state index contributed by atoms with van der Waals surface area (Å²) in [5.41, 5.74) is 4.69. The van der Waals surface area contributed by atoms with E-state index in [9.17, 15) is 14.4 Å². The van der Waals surface area contributed by atoms with Gasteiger partial charge in [0, 0.05) is 18.3 Å². The van der Waals surface area contributed by atoms with E-state index in [0.29, 0.717) is 0 Å². The van der Waals surface area contributed by atoms with Crippen LogP contribution < -0.4 is 10.6 Å². The fourth-order valence-electron chi connectivity index (χ4n) is 3.94. The number of hydrogen-bond donors (Lipinski definition) is 3. The second-order valence-electron chi connectivity index (χ2n) is 7.84. The van der Waals surface area contributed by atoms with Crippen molar-refractivity contribution in [3.05, 3.63) is 83.4 Å². The summed E-state index contributed by atoms with van der Waals surface area (Å²) in [5, 5.41) is 14.1. The number of ether oxygens (including phenoxy) is 1. The van der Waals surface area contributed by atoms with Gasteiger partial charge in [0.15, 0.2) is 0 Å². The fraction of sp³-hybridized carbons (Fsp3) is 0.240. The topological polar surface area (TPSA) is 131 Å². The Hall–Kier alpha value is -4.27. The number of amides is 2. The van der Waals surface area contributed by atoms with E-state index in [1.165, 1.54) is 12.4 Å². The number of aliphatic carboxylic acids is 1. The molecule has 1 aliphatic carbocycles. The second kappa shape index (κ2) is 10.1. The molecule has 0 saturated carbocycles. The van der Waals surface area contributed by atoms with E-state index in [1.54, 1.807) is 6.92 Å². The summed E-state index contributed by atoms with van der Waals surface area (Å²) in [4.78, 5) is 43.6. The van der Waals surface area contributed by atoms with Crippen molar-refractivity contribution in [1.82, 2.24) is 20.6 Å². The summed E-state index contributed by atoms with van der Waals surface area (Å²) in [7, 11) is 0. The highest BCUT2D eigenvalue weighted by Gasteiger charge is 2.29. The fourth-order valence-corrected chi connectivity index (χ4v) is 3.94. The summed E-state index contributed by atoms with van der Waals surface area (Å²) >= 11 is 0. The standard InChI is InChI=1S/C25H24N4O5/c1-2-21(24(31)32)29-23(30)15-11-26-22(27-12-15)13-28-25(33)34-14-20-18-9-5-3-7-16(18)17-8-4-6-10-19(17)20/h3-12,20-21H,2,13-14H2,1H3,(H,28,33)(H,29,30)(H,31,32). The molecule has 0 saturated heterocycles. The highest BCUT2D eigenvalue weighted by atomic mass is 16.5. The zero-order valence-electron chi connectivity index (χ0n) is 18.5. The maximum atomic E-state index is 12.3. The number of rotatable bonds is 8. The van der Waals surface area contributed by atoms with Crippen LogP contribution in [0, 0.1) is 0 Å². The maximum absolute atomic E-state index is 12.3. The molecule has 0 bridgehead atoms. The van der Waals surface area contributed by atoms with Crippen molar-refractivity contribution in [2.75, 3.05) is 6.61 Å². The van der Waals surface area contributed by atoms with Crippen LogP contribution in [0.5, 0.6) is 0 Å². The molecule has 4 rings (SSSR count). The van der Waals surface area contributed by atoms with E-state index in [-0.39, 0.29) is 36.9 Å². The SMILES string of the molecule is CCC(NC(=O)c1cnc(CNC(=O)OCC2c3ccccc3-c3ccccc32)nc1)C(=O)O. The number of benzene rings is 2. The van der Waals surface area contributed by atoms with Crippen molar-refractivity contribution in [2.24, 2.45) is 0 Å². The number of aromatic nitrogens is 2. The Morgan fingerprint density at radius 1 is 1.00 bits per heavy atom. The zero-order valence-corrected chi connectivity index (χ0v) is 18.5. The third-order valence-corrected chi connectivity index (χ3v) is 5.71. The Labute approximate surface area is 196 Å². The molecule has 2 amide bonds. The normalized spacial score (nSPS) is 12.9. The van der Waals surface area contributed by atoms with Crippen LogP contribution in [0.15, 0.2) is 60.9 Å². The molecular formula is C25H24N4O5. The molecule has 1 heterocycles. The second-order valence-corrected chi connectivity index (χ2v) is 7.84. The lowest BCUT2D eigenvalue weighted by molar-refractivity contribution is -0.139. The Morgan fingerprint density at radius 2 is 1.59 bits per heavy atom. The largest absolute Gasteiger partial charge is 0.480 e. The number of carboxylic acids is 1. The van der Waals surface area contributed by atoms with Gasteiger partial charge < -0.3 is 20.5 Å². The average molecular weight is 460 g/mol. The highest BCUT2D eigenvalue weighted by Crippen LogP contribution is 2.44. The minimum absolute atomic E-state index is 0.0191. The molecule has 1 aliphatic rings. The van der Waals surface area contributed by atoms with Crippen LogP contribution in [0.25, 0.3) is 11.1 Å². The van der Waals surface area contributed by atoms with Crippen molar-refractivity contribution < 1.29 is 24.2 Å². The third-order valence-electron chi connectivity index (χ3n) is 5.71. The van der Waals surface area contributed by atoms with Gasteiger partial charge in [0.1, 0.15) is 18.5 Å². The average Bonchev–Trinajstić information content (AvgIpc) is 3.18. The molecule has 0 fully saturated rings. The van der Waals surface area contributed by atoms with Gasteiger partial charge in [0.25, 0.3) is 5.91 Å². The van der Waals surface area contributed by atoms with Crippen LogP contribution in [0.1, 0.15) is 46.6 Å². The lowest BCUT2D eigenvalue weighted by atomic mass is 9.98. The molecule has 0 radical (unpaired) electrons. The molecule has 3 aromatic rings. The molecule has 174 valence electrons. The van der Waals surface area contributed by atoms with Crippen molar-refractivity contribution in [3.8, 4) is 11.1 Å². The molecule has 1 atom stereocenters. The molecule has 9 heteroatoms. The summed E-state index contributed by atoms with van der Waals surface area (Å²) < 4.78 is 5.48. The maximum Gasteiger partial charge on any atom is 0.407 e. The van der Waals surface area contributed by atoms with E-state index in [2.05, 4.69) is 32.7 Å². The lowest BCUT2D eigenvalue weighted by Gasteiger charge is -2.14. The zero-order chi connectivity index (χ0) is 24.1.